The Balaban J connectivity index is 6.32. The van der Waals surface area contributed by atoms with Gasteiger partial charge in [-0.1, -0.05) is 0 Å². The van der Waals surface area contributed by atoms with Gasteiger partial charge in [0.2, 0.25) is 0 Å². The Morgan fingerprint density at radius 1 is 0.758 bits per heavy atom. The van der Waals surface area contributed by atoms with Crippen LogP contribution in [0.25, 0.3) is 0 Å². The van der Waals surface area contributed by atoms with Crippen molar-refractivity contribution in [2.24, 2.45) is 0 Å². The molecule has 0 aromatic carbocycles. The highest BCUT2D eigenvalue weighted by Gasteiger charge is 2.90. The Hall–Kier alpha value is -2.17. The van der Waals surface area contributed by atoms with Gasteiger partial charge in [0.1, 0.15) is 6.04 Å². The Bertz CT molecular complexity index is 706. The number of alkyl carbamates (subject to hydrolysis) is 1. The molecule has 0 radical (unpaired) electrons. The zero-order chi connectivity index (χ0) is 26.8. The topological polar surface area (TPSA) is 64.6 Å². The molecule has 0 rings (SSSR count). The molecule has 0 aliphatic heterocycles. The molecule has 1 atom stereocenters. The minimum absolute atomic E-state index is 0.499. The molecule has 1 amide bonds. The van der Waals surface area contributed by atoms with Crippen molar-refractivity contribution < 1.29 is 76.1 Å². The number of nitrogens with one attached hydrogen (secondary N) is 1. The molecule has 1 unspecified atom stereocenters. The first-order chi connectivity index (χ1) is 14.4. The van der Waals surface area contributed by atoms with E-state index < -0.39 is 73.0 Å². The van der Waals surface area contributed by atoms with Crippen LogP contribution in [0.4, 0.5) is 61.9 Å². The third-order valence-corrected chi connectivity index (χ3v) is 3.66. The Morgan fingerprint density at radius 2 is 1.18 bits per heavy atom. The molecule has 0 heterocycles. The second-order valence-corrected chi connectivity index (χ2v) is 6.61. The number of esters is 1. The molecular formula is C15H16F13NO4. The molecule has 5 nitrogen and oxygen atoms in total. The quantitative estimate of drug-likeness (QED) is 0.318. The summed E-state index contributed by atoms with van der Waals surface area (Å²) in [7, 11) is 0. The summed E-state index contributed by atoms with van der Waals surface area (Å²) in [4.78, 5) is 23.1. The zero-order valence-corrected chi connectivity index (χ0v) is 16.6. The Morgan fingerprint density at radius 3 is 1.55 bits per heavy atom. The average molecular weight is 521 g/mol. The Labute approximate surface area is 176 Å². The van der Waals surface area contributed by atoms with E-state index in [1.807, 2.05) is 0 Å². The van der Waals surface area contributed by atoms with Crippen molar-refractivity contribution in [2.75, 3.05) is 6.61 Å². The van der Waals surface area contributed by atoms with E-state index in [-0.39, 0.29) is 0 Å². The van der Waals surface area contributed by atoms with Gasteiger partial charge in [0.25, 0.3) is 0 Å². The third kappa shape index (κ3) is 5.85. The summed E-state index contributed by atoms with van der Waals surface area (Å²) in [6, 6.07) is -3.00. The van der Waals surface area contributed by atoms with Gasteiger partial charge in [-0.05, 0) is 20.8 Å². The van der Waals surface area contributed by atoms with E-state index in [0.29, 0.717) is 0 Å². The lowest BCUT2D eigenvalue weighted by Gasteiger charge is -2.40. The summed E-state index contributed by atoms with van der Waals surface area (Å²) in [6.45, 7) is 2.77. The minimum atomic E-state index is -8.08. The smallest absolute Gasteiger partial charge is 0.460 e. The van der Waals surface area contributed by atoms with Gasteiger partial charge in [-0.3, -0.25) is 0 Å². The Kier molecular flexibility index (Phi) is 8.97. The highest BCUT2D eigenvalue weighted by molar-refractivity contribution is 5.81. The first-order valence-electron chi connectivity index (χ1n) is 8.50. The zero-order valence-electron chi connectivity index (χ0n) is 16.6. The minimum Gasteiger partial charge on any atom is -0.461 e. The van der Waals surface area contributed by atoms with Crippen LogP contribution >= 0.6 is 0 Å². The van der Waals surface area contributed by atoms with Crippen LogP contribution < -0.4 is 5.32 Å². The largest absolute Gasteiger partial charge is 0.461 e. The van der Waals surface area contributed by atoms with E-state index in [1.54, 1.807) is 0 Å². The summed E-state index contributed by atoms with van der Waals surface area (Å²) in [5.41, 5.74) is 0. The molecule has 0 saturated heterocycles. The molecule has 18 heteroatoms. The van der Waals surface area contributed by atoms with Crippen molar-refractivity contribution in [1.29, 1.82) is 0 Å². The molecule has 0 bridgehead atoms. The van der Waals surface area contributed by atoms with E-state index in [4.69, 9.17) is 0 Å². The fraction of sp³-hybridized carbons (Fsp3) is 0.867. The number of rotatable bonds is 10. The van der Waals surface area contributed by atoms with Crippen LogP contribution in [0.15, 0.2) is 0 Å². The third-order valence-electron chi connectivity index (χ3n) is 3.66. The van der Waals surface area contributed by atoms with E-state index in [1.165, 1.54) is 5.32 Å². The number of hydrogen-bond donors (Lipinski definition) is 1. The fourth-order valence-corrected chi connectivity index (χ4v) is 2.01. The SMILES string of the molecule is CCOC(=O)NC(CC(F)(F)C(F)(F)C(F)(F)C(F)(F)C(F)(F)C(F)(F)F)C(=O)OC(C)C. The van der Waals surface area contributed by atoms with Crippen LogP contribution in [-0.2, 0) is 14.3 Å². The van der Waals surface area contributed by atoms with E-state index >= 15 is 0 Å². The molecule has 0 spiro atoms. The van der Waals surface area contributed by atoms with Gasteiger partial charge in [0.05, 0.1) is 12.7 Å². The van der Waals surface area contributed by atoms with Crippen LogP contribution in [0.5, 0.6) is 0 Å². The number of halogens is 13. The molecule has 0 aliphatic carbocycles. The second kappa shape index (κ2) is 9.60. The molecular weight excluding hydrogens is 505 g/mol. The van der Waals surface area contributed by atoms with Crippen LogP contribution in [0.2, 0.25) is 0 Å². The number of carbonyl (C=O) groups is 2. The average Bonchev–Trinajstić information content (AvgIpc) is 2.58. The van der Waals surface area contributed by atoms with Gasteiger partial charge >= 0.3 is 47.9 Å². The number of amides is 1. The number of alkyl halides is 13. The summed E-state index contributed by atoms with van der Waals surface area (Å²) in [5, 5.41) is 1.19. The molecule has 0 aromatic heterocycles. The predicted octanol–water partition coefficient (Wildman–Crippen LogP) is 5.18. The van der Waals surface area contributed by atoms with Crippen molar-refractivity contribution in [3.8, 4) is 0 Å². The monoisotopic (exact) mass is 521 g/mol. The standard InChI is InChI=1S/C15H16F13NO4/c1-4-32-9(31)29-7(8(30)33-6(2)3)5-10(16,17)11(18,19)12(20,21)13(22,23)14(24,25)15(26,27)28/h6-7H,4-5H2,1-3H3,(H,29,31). The maximum absolute atomic E-state index is 14.0. The van der Waals surface area contributed by atoms with E-state index in [0.717, 1.165) is 20.8 Å². The lowest BCUT2D eigenvalue weighted by molar-refractivity contribution is -0.440. The van der Waals surface area contributed by atoms with Crippen LogP contribution in [0.3, 0.4) is 0 Å². The van der Waals surface area contributed by atoms with Gasteiger partial charge in [-0.2, -0.15) is 57.1 Å². The van der Waals surface area contributed by atoms with Gasteiger partial charge in [-0.25, -0.2) is 9.59 Å². The van der Waals surface area contributed by atoms with Crippen molar-refractivity contribution in [3.05, 3.63) is 0 Å². The molecule has 1 N–H and O–H groups in total. The van der Waals surface area contributed by atoms with Gasteiger partial charge < -0.3 is 14.8 Å². The number of carbonyl (C=O) groups excluding carboxylic acids is 2. The van der Waals surface area contributed by atoms with E-state index in [2.05, 4.69) is 9.47 Å². The molecule has 33 heavy (non-hydrogen) atoms. The highest BCUT2D eigenvalue weighted by Crippen LogP contribution is 2.60. The van der Waals surface area contributed by atoms with Crippen molar-refractivity contribution in [2.45, 2.75) is 75.1 Å². The maximum Gasteiger partial charge on any atom is 0.460 e. The van der Waals surface area contributed by atoms with E-state index in [9.17, 15) is 66.7 Å². The van der Waals surface area contributed by atoms with Crippen LogP contribution in [-0.4, -0.2) is 66.6 Å². The second-order valence-electron chi connectivity index (χ2n) is 6.61. The fourth-order valence-electron chi connectivity index (χ4n) is 2.01. The number of ether oxygens (including phenoxy) is 2. The molecule has 0 saturated carbocycles. The summed E-state index contributed by atoms with van der Waals surface area (Å²) in [6.07, 6.45) is -13.5. The van der Waals surface area contributed by atoms with Crippen molar-refractivity contribution in [3.63, 3.8) is 0 Å². The van der Waals surface area contributed by atoms with Gasteiger partial charge in [0, 0.05) is 6.42 Å². The summed E-state index contributed by atoms with van der Waals surface area (Å²) >= 11 is 0. The predicted molar refractivity (Wildman–Crippen MR) is 80.6 cm³/mol. The molecule has 0 fully saturated rings. The van der Waals surface area contributed by atoms with Crippen LogP contribution in [0, 0.1) is 0 Å². The molecule has 0 aliphatic rings. The highest BCUT2D eigenvalue weighted by atomic mass is 19.4. The number of hydrogen-bond acceptors (Lipinski definition) is 4. The van der Waals surface area contributed by atoms with Crippen molar-refractivity contribution in [1.82, 2.24) is 5.32 Å². The lowest BCUT2D eigenvalue weighted by Crippen LogP contribution is -2.70. The first kappa shape index (κ1) is 30.8. The maximum atomic E-state index is 14.0. The molecule has 0 aromatic rings. The van der Waals surface area contributed by atoms with Gasteiger partial charge in [-0.15, -0.1) is 0 Å². The normalized spacial score (nSPS) is 15.3. The summed E-state index contributed by atoms with van der Waals surface area (Å²) < 4.78 is 180. The molecule has 196 valence electrons. The van der Waals surface area contributed by atoms with Crippen molar-refractivity contribution >= 4 is 12.1 Å². The lowest BCUT2D eigenvalue weighted by atomic mass is 9.91. The summed E-state index contributed by atoms with van der Waals surface area (Å²) in [5.74, 6) is -40.1. The van der Waals surface area contributed by atoms with Gasteiger partial charge in [0.15, 0.2) is 0 Å². The first-order valence-corrected chi connectivity index (χ1v) is 8.50. The van der Waals surface area contributed by atoms with Crippen LogP contribution in [0.1, 0.15) is 27.2 Å².